The Hall–Kier alpha value is -1.94. The van der Waals surface area contributed by atoms with Gasteiger partial charge in [0.15, 0.2) is 0 Å². The molecule has 3 nitrogen and oxygen atoms in total. The number of carbonyl (C=O) groups excluding carboxylic acids is 2. The van der Waals surface area contributed by atoms with Crippen LogP contribution in [0.1, 0.15) is 20.7 Å². The molecular weight excluding hydrogens is 266 g/mol. The number of hydrogen-bond acceptors (Lipinski definition) is 2. The van der Waals surface area contributed by atoms with Crippen LogP contribution in [0.5, 0.6) is 0 Å². The molecule has 0 aromatic heterocycles. The maximum atomic E-state index is 12.5. The van der Waals surface area contributed by atoms with Gasteiger partial charge in [-0.1, -0.05) is 43.9 Å². The average molecular weight is 283 g/mol. The maximum Gasteiger partial charge on any atom is 0.261 e. The normalized spacial score (nSPS) is 15.1. The van der Waals surface area contributed by atoms with Crippen molar-refractivity contribution in [2.24, 2.45) is 0 Å². The summed E-state index contributed by atoms with van der Waals surface area (Å²) in [4.78, 5) is 26.3. The predicted octanol–water partition coefficient (Wildman–Crippen LogP) is 3.31. The first-order valence-electron chi connectivity index (χ1n) is 6.76. The third kappa shape index (κ3) is 2.06. The summed E-state index contributed by atoms with van der Waals surface area (Å²) in [6, 6.07) is 11.5. The van der Waals surface area contributed by atoms with E-state index in [9.17, 15) is 9.59 Å². The lowest BCUT2D eigenvalue weighted by Gasteiger charge is -2.22. The van der Waals surface area contributed by atoms with E-state index >= 15 is 0 Å². The van der Waals surface area contributed by atoms with E-state index in [1.54, 1.807) is 0 Å². The molecule has 0 fully saturated rings. The highest BCUT2D eigenvalue weighted by Crippen LogP contribution is 2.28. The lowest BCUT2D eigenvalue weighted by atomic mass is 10.0. The quantitative estimate of drug-likeness (QED) is 0.626. The maximum absolute atomic E-state index is 12.5. The second kappa shape index (κ2) is 4.28. The van der Waals surface area contributed by atoms with Gasteiger partial charge in [-0.15, -0.1) is 0 Å². The number of rotatable bonds is 2. The Balaban J connectivity index is 2.11. The van der Waals surface area contributed by atoms with Gasteiger partial charge in [-0.05, 0) is 22.9 Å². The molecule has 20 heavy (non-hydrogen) atoms. The first kappa shape index (κ1) is 13.1. The van der Waals surface area contributed by atoms with Crippen LogP contribution in [0.4, 0.5) is 0 Å². The number of carbonyl (C=O) groups is 2. The highest BCUT2D eigenvalue weighted by molar-refractivity contribution is 6.76. The zero-order valence-corrected chi connectivity index (χ0v) is 12.9. The summed E-state index contributed by atoms with van der Waals surface area (Å²) in [5.41, 5.74) is 1.10. The van der Waals surface area contributed by atoms with Gasteiger partial charge in [0.1, 0.15) is 0 Å². The van der Waals surface area contributed by atoms with Gasteiger partial charge in [-0.3, -0.25) is 14.5 Å². The Kier molecular flexibility index (Phi) is 2.79. The van der Waals surface area contributed by atoms with Gasteiger partial charge in [0.25, 0.3) is 11.8 Å². The van der Waals surface area contributed by atoms with Crippen molar-refractivity contribution in [2.45, 2.75) is 19.6 Å². The van der Waals surface area contributed by atoms with E-state index < -0.39 is 8.07 Å². The largest absolute Gasteiger partial charge is 0.277 e. The van der Waals surface area contributed by atoms with Crippen molar-refractivity contribution >= 4 is 30.7 Å². The van der Waals surface area contributed by atoms with Crippen molar-refractivity contribution in [3.8, 4) is 0 Å². The lowest BCUT2D eigenvalue weighted by molar-refractivity contribution is 0.0678. The van der Waals surface area contributed by atoms with Crippen molar-refractivity contribution in [3.63, 3.8) is 0 Å². The Morgan fingerprint density at radius 1 is 0.900 bits per heavy atom. The molecule has 1 aliphatic rings. The van der Waals surface area contributed by atoms with Crippen LogP contribution in [0.2, 0.25) is 19.6 Å². The molecule has 0 unspecified atom stereocenters. The summed E-state index contributed by atoms with van der Waals surface area (Å²) in [6.07, 6.45) is 0.579. The van der Waals surface area contributed by atoms with Crippen LogP contribution in [0.15, 0.2) is 36.4 Å². The zero-order chi connectivity index (χ0) is 14.5. The number of amides is 2. The van der Waals surface area contributed by atoms with E-state index in [1.165, 1.54) is 4.90 Å². The smallest absolute Gasteiger partial charge is 0.261 e. The number of benzene rings is 2. The topological polar surface area (TPSA) is 37.4 Å². The van der Waals surface area contributed by atoms with E-state index in [0.29, 0.717) is 17.3 Å². The van der Waals surface area contributed by atoms with Crippen molar-refractivity contribution < 1.29 is 9.59 Å². The van der Waals surface area contributed by atoms with Gasteiger partial charge in [-0.2, -0.15) is 0 Å². The summed E-state index contributed by atoms with van der Waals surface area (Å²) in [6.45, 7) is 6.48. The van der Waals surface area contributed by atoms with Crippen LogP contribution in [0.25, 0.3) is 10.8 Å². The van der Waals surface area contributed by atoms with E-state index in [0.717, 1.165) is 10.8 Å². The Morgan fingerprint density at radius 2 is 1.35 bits per heavy atom. The first-order valence-corrected chi connectivity index (χ1v) is 10.5. The molecule has 0 atom stereocenters. The van der Waals surface area contributed by atoms with Gasteiger partial charge in [0.05, 0.1) is 19.2 Å². The third-order valence-electron chi connectivity index (χ3n) is 3.47. The standard InChI is InChI=1S/C16H17NO2Si/c1-20(2,3)10-17-15(18)13-8-11-6-4-5-7-12(11)9-14(13)16(17)19/h4-9H,10H2,1-3H3. The fraction of sp³-hybridized carbons (Fsp3) is 0.250. The van der Waals surface area contributed by atoms with Gasteiger partial charge in [0, 0.05) is 6.17 Å². The summed E-state index contributed by atoms with van der Waals surface area (Å²) in [7, 11) is -1.52. The van der Waals surface area contributed by atoms with Crippen LogP contribution in [-0.4, -0.2) is 31.0 Å². The first-order chi connectivity index (χ1) is 9.37. The molecular formula is C16H17NO2Si. The van der Waals surface area contributed by atoms with Crippen LogP contribution in [0.3, 0.4) is 0 Å². The molecule has 0 saturated carbocycles. The summed E-state index contributed by atoms with van der Waals surface area (Å²) in [5, 5.41) is 2.00. The van der Waals surface area contributed by atoms with Gasteiger partial charge < -0.3 is 0 Å². The van der Waals surface area contributed by atoms with Crippen molar-refractivity contribution in [3.05, 3.63) is 47.5 Å². The zero-order valence-electron chi connectivity index (χ0n) is 11.9. The fourth-order valence-electron chi connectivity index (χ4n) is 2.60. The molecule has 0 saturated heterocycles. The Bertz CT molecular complexity index is 676. The van der Waals surface area contributed by atoms with E-state index in [4.69, 9.17) is 0 Å². The number of nitrogens with zero attached hydrogens (tertiary/aromatic N) is 1. The van der Waals surface area contributed by atoms with Gasteiger partial charge in [-0.25, -0.2) is 0 Å². The molecule has 0 aliphatic carbocycles. The molecule has 2 aromatic rings. The minimum absolute atomic E-state index is 0.141. The van der Waals surface area contributed by atoms with Crippen LogP contribution in [-0.2, 0) is 0 Å². The molecule has 0 radical (unpaired) electrons. The minimum atomic E-state index is -1.52. The molecule has 0 bridgehead atoms. The summed E-state index contributed by atoms with van der Waals surface area (Å²) in [5.74, 6) is -0.281. The average Bonchev–Trinajstić information content (AvgIpc) is 2.60. The summed E-state index contributed by atoms with van der Waals surface area (Å²) >= 11 is 0. The second-order valence-corrected chi connectivity index (χ2v) is 11.9. The second-order valence-electron chi connectivity index (χ2n) is 6.50. The molecule has 2 amide bonds. The number of imide groups is 1. The predicted molar refractivity (Wildman–Crippen MR) is 82.7 cm³/mol. The molecule has 3 rings (SSSR count). The molecule has 2 aromatic carbocycles. The van der Waals surface area contributed by atoms with Crippen LogP contribution >= 0.6 is 0 Å². The van der Waals surface area contributed by atoms with Crippen molar-refractivity contribution in [2.75, 3.05) is 6.17 Å². The molecule has 1 heterocycles. The third-order valence-corrected chi connectivity index (χ3v) is 4.73. The number of hydrogen-bond donors (Lipinski definition) is 0. The van der Waals surface area contributed by atoms with E-state index in [-0.39, 0.29) is 11.8 Å². The molecule has 1 aliphatic heterocycles. The molecule has 0 spiro atoms. The Morgan fingerprint density at radius 3 is 1.75 bits per heavy atom. The van der Waals surface area contributed by atoms with Crippen LogP contribution < -0.4 is 0 Å². The molecule has 0 N–H and O–H groups in total. The highest BCUT2D eigenvalue weighted by atomic mass is 28.3. The lowest BCUT2D eigenvalue weighted by Crippen LogP contribution is -2.43. The monoisotopic (exact) mass is 283 g/mol. The highest BCUT2D eigenvalue weighted by Gasteiger charge is 2.37. The Labute approximate surface area is 119 Å². The van der Waals surface area contributed by atoms with Crippen molar-refractivity contribution in [1.82, 2.24) is 4.90 Å². The minimum Gasteiger partial charge on any atom is -0.277 e. The molecule has 102 valence electrons. The van der Waals surface area contributed by atoms with E-state index in [2.05, 4.69) is 19.6 Å². The number of fused-ring (bicyclic) bond motifs is 2. The van der Waals surface area contributed by atoms with E-state index in [1.807, 2.05) is 36.4 Å². The van der Waals surface area contributed by atoms with Crippen LogP contribution in [0, 0.1) is 0 Å². The molecule has 4 heteroatoms. The fourth-order valence-corrected chi connectivity index (χ4v) is 3.83. The van der Waals surface area contributed by atoms with Gasteiger partial charge in [0.2, 0.25) is 0 Å². The summed E-state index contributed by atoms with van der Waals surface area (Å²) < 4.78 is 0. The SMILES string of the molecule is C[Si](C)(C)CN1C(=O)c2cc3ccccc3cc2C1=O. The van der Waals surface area contributed by atoms with Crippen molar-refractivity contribution in [1.29, 1.82) is 0 Å². The van der Waals surface area contributed by atoms with Gasteiger partial charge >= 0.3 is 0 Å².